The van der Waals surface area contributed by atoms with Crippen molar-refractivity contribution in [2.45, 2.75) is 89.6 Å². The lowest BCUT2D eigenvalue weighted by Crippen LogP contribution is -2.53. The highest BCUT2D eigenvalue weighted by molar-refractivity contribution is 7.26. The van der Waals surface area contributed by atoms with E-state index >= 15 is 0 Å². The number of hydrogen-bond donors (Lipinski definition) is 0. The zero-order valence-electron chi connectivity index (χ0n) is 22.8. The topological polar surface area (TPSA) is 6.48 Å². The minimum atomic E-state index is -1.22. The van der Waals surface area contributed by atoms with Gasteiger partial charge in [-0.2, -0.15) is 0 Å². The van der Waals surface area contributed by atoms with E-state index in [0.29, 0.717) is 0 Å². The van der Waals surface area contributed by atoms with E-state index in [9.17, 15) is 0 Å². The smallest absolute Gasteiger partial charge is 0.115 e. The number of thiophene rings is 3. The van der Waals surface area contributed by atoms with Crippen molar-refractivity contribution >= 4 is 67.0 Å². The molecular weight excluding hydrogens is 549 g/mol. The van der Waals surface area contributed by atoms with Gasteiger partial charge in [0.1, 0.15) is 32.9 Å². The Balaban J connectivity index is 1.29. The Labute approximate surface area is 229 Å². The molecule has 0 amide bonds. The fraction of sp³-hybridized carbons (Fsp3) is 0.538. The SMILES string of the molecule is C[Si]1(C)CC[Si](C)(C)N1Cc1ccc(-c2ccc(-c3ccc(CN4[Si](C)(C)CC[Si]4(C)C)s3)s2)s1. The Morgan fingerprint density at radius 2 is 0.771 bits per heavy atom. The summed E-state index contributed by atoms with van der Waals surface area (Å²) in [6, 6.07) is 20.2. The summed E-state index contributed by atoms with van der Waals surface area (Å²) in [6.45, 7) is 23.0. The third-order valence-electron chi connectivity index (χ3n) is 8.66. The fourth-order valence-corrected chi connectivity index (χ4v) is 37.7. The molecular formula is C26H42N2S3Si4. The molecule has 35 heavy (non-hydrogen) atoms. The Hall–Kier alpha value is -0.112. The molecule has 2 aliphatic rings. The summed E-state index contributed by atoms with van der Waals surface area (Å²) in [4.78, 5) is 8.87. The van der Waals surface area contributed by atoms with Crippen LogP contribution >= 0.6 is 34.0 Å². The van der Waals surface area contributed by atoms with Crippen LogP contribution in [0.2, 0.25) is 76.6 Å². The van der Waals surface area contributed by atoms with Gasteiger partial charge in [0.05, 0.1) is 0 Å². The molecule has 0 aromatic carbocycles. The van der Waals surface area contributed by atoms with Crippen molar-refractivity contribution in [1.29, 1.82) is 0 Å². The summed E-state index contributed by atoms with van der Waals surface area (Å²) in [6.07, 6.45) is 0. The van der Waals surface area contributed by atoms with E-state index in [1.807, 2.05) is 34.0 Å². The maximum atomic E-state index is 3.00. The summed E-state index contributed by atoms with van der Waals surface area (Å²) < 4.78 is 5.99. The first-order chi connectivity index (χ1) is 16.3. The largest absolute Gasteiger partial charge is 0.341 e. The molecule has 2 saturated heterocycles. The highest BCUT2D eigenvalue weighted by atomic mass is 32.1. The highest BCUT2D eigenvalue weighted by Gasteiger charge is 2.48. The van der Waals surface area contributed by atoms with Crippen molar-refractivity contribution in [3.05, 3.63) is 46.2 Å². The van der Waals surface area contributed by atoms with Crippen molar-refractivity contribution in [1.82, 2.24) is 8.46 Å². The Kier molecular flexibility index (Phi) is 7.02. The molecule has 2 nitrogen and oxygen atoms in total. The van der Waals surface area contributed by atoms with E-state index in [0.717, 1.165) is 0 Å². The van der Waals surface area contributed by atoms with Crippen LogP contribution in [-0.2, 0) is 13.1 Å². The molecule has 0 atom stereocenters. The second-order valence-corrected chi connectivity index (χ2v) is 36.1. The third-order valence-corrected chi connectivity index (χ3v) is 32.9. The molecule has 2 fully saturated rings. The number of nitrogens with zero attached hydrogens (tertiary/aromatic N) is 2. The molecule has 0 spiro atoms. The molecule has 0 saturated carbocycles. The maximum absolute atomic E-state index is 3.00. The second kappa shape index (κ2) is 9.27. The maximum Gasteiger partial charge on any atom is 0.115 e. The predicted octanol–water partition coefficient (Wildman–Crippen LogP) is 9.66. The van der Waals surface area contributed by atoms with Crippen LogP contribution in [0, 0.1) is 0 Å². The molecule has 0 radical (unpaired) electrons. The lowest BCUT2D eigenvalue weighted by Gasteiger charge is -2.38. The van der Waals surface area contributed by atoms with Gasteiger partial charge < -0.3 is 8.46 Å². The van der Waals surface area contributed by atoms with Crippen molar-refractivity contribution in [2.24, 2.45) is 0 Å². The van der Waals surface area contributed by atoms with Gasteiger partial charge in [-0.05, 0) is 60.6 Å². The van der Waals surface area contributed by atoms with E-state index in [4.69, 9.17) is 0 Å². The van der Waals surface area contributed by atoms with Crippen LogP contribution in [0.4, 0.5) is 0 Å². The Morgan fingerprint density at radius 3 is 1.11 bits per heavy atom. The van der Waals surface area contributed by atoms with E-state index in [1.54, 1.807) is 9.75 Å². The Morgan fingerprint density at radius 1 is 0.486 bits per heavy atom. The summed E-state index contributed by atoms with van der Waals surface area (Å²) in [5.41, 5.74) is 0. The summed E-state index contributed by atoms with van der Waals surface area (Å²) in [7, 11) is -4.88. The average Bonchev–Trinajstić information content (AvgIpc) is 3.56. The molecule has 9 heteroatoms. The normalized spacial score (nSPS) is 23.3. The van der Waals surface area contributed by atoms with Gasteiger partial charge in [-0.3, -0.25) is 0 Å². The van der Waals surface area contributed by atoms with Crippen LogP contribution in [0.1, 0.15) is 9.75 Å². The van der Waals surface area contributed by atoms with Gasteiger partial charge >= 0.3 is 0 Å². The van der Waals surface area contributed by atoms with Gasteiger partial charge in [-0.15, -0.1) is 34.0 Å². The Bertz CT molecular complexity index is 1080. The zero-order valence-corrected chi connectivity index (χ0v) is 29.3. The van der Waals surface area contributed by atoms with Gasteiger partial charge in [-0.1, -0.05) is 52.4 Å². The molecule has 0 bridgehead atoms. The van der Waals surface area contributed by atoms with Crippen LogP contribution in [-0.4, -0.2) is 41.4 Å². The van der Waals surface area contributed by atoms with Crippen LogP contribution in [0.25, 0.3) is 19.5 Å². The standard InChI is InChI=1S/C26H42N2S3Si4/c1-32(2)15-16-33(3,4)27(32)19-21-9-11-23(29-21)25-13-14-26(31-25)24-12-10-22(30-24)20-28-34(5,6)17-18-35(28,7)8/h9-14H,15-20H2,1-8H3. The molecule has 2 aliphatic heterocycles. The van der Waals surface area contributed by atoms with Crippen molar-refractivity contribution in [3.63, 3.8) is 0 Å². The second-order valence-electron chi connectivity index (χ2n) is 13.1. The summed E-state index contributed by atoms with van der Waals surface area (Å²) in [5.74, 6) is 0. The highest BCUT2D eigenvalue weighted by Crippen LogP contribution is 2.44. The van der Waals surface area contributed by atoms with Crippen molar-refractivity contribution in [2.75, 3.05) is 0 Å². The predicted molar refractivity (Wildman–Crippen MR) is 171 cm³/mol. The van der Waals surface area contributed by atoms with E-state index in [2.05, 4.69) is 97.2 Å². The molecule has 0 N–H and O–H groups in total. The van der Waals surface area contributed by atoms with Gasteiger partial charge in [0.15, 0.2) is 0 Å². The molecule has 3 aromatic heterocycles. The molecule has 0 aliphatic carbocycles. The first-order valence-corrected chi connectivity index (χ1v) is 28.2. The van der Waals surface area contributed by atoms with E-state index in [1.165, 1.54) is 56.8 Å². The van der Waals surface area contributed by atoms with Gasteiger partial charge in [0, 0.05) is 42.4 Å². The number of hydrogen-bond acceptors (Lipinski definition) is 5. The van der Waals surface area contributed by atoms with Crippen molar-refractivity contribution < 1.29 is 0 Å². The van der Waals surface area contributed by atoms with Crippen LogP contribution in [0.5, 0.6) is 0 Å². The molecule has 3 aromatic rings. The monoisotopic (exact) mass is 590 g/mol. The summed E-state index contributed by atoms with van der Waals surface area (Å²) in [5, 5.41) is 0. The molecule has 5 rings (SSSR count). The van der Waals surface area contributed by atoms with Crippen molar-refractivity contribution in [3.8, 4) is 19.5 Å². The van der Waals surface area contributed by atoms with Crippen LogP contribution in [0.15, 0.2) is 36.4 Å². The summed E-state index contributed by atoms with van der Waals surface area (Å²) >= 11 is 6.03. The molecule has 5 heterocycles. The fourth-order valence-electron chi connectivity index (χ4n) is 6.36. The first-order valence-electron chi connectivity index (χ1n) is 13.1. The zero-order chi connectivity index (χ0) is 25.2. The minimum Gasteiger partial charge on any atom is -0.341 e. The lowest BCUT2D eigenvalue weighted by molar-refractivity contribution is 0.631. The number of rotatable bonds is 6. The van der Waals surface area contributed by atoms with Gasteiger partial charge in [0.2, 0.25) is 0 Å². The lowest BCUT2D eigenvalue weighted by atomic mass is 10.3. The average molecular weight is 591 g/mol. The first kappa shape index (κ1) is 26.5. The minimum absolute atomic E-state index is 1.19. The van der Waals surface area contributed by atoms with Crippen LogP contribution < -0.4 is 0 Å². The van der Waals surface area contributed by atoms with E-state index in [-0.39, 0.29) is 0 Å². The van der Waals surface area contributed by atoms with Gasteiger partial charge in [-0.25, -0.2) is 0 Å². The van der Waals surface area contributed by atoms with Crippen LogP contribution in [0.3, 0.4) is 0 Å². The van der Waals surface area contributed by atoms with E-state index < -0.39 is 32.9 Å². The quantitative estimate of drug-likeness (QED) is 0.264. The molecule has 190 valence electrons. The third kappa shape index (κ3) is 5.27. The van der Waals surface area contributed by atoms with Gasteiger partial charge in [0.25, 0.3) is 0 Å². The molecule has 0 unspecified atom stereocenters.